The molecule has 0 bridgehead atoms. The minimum absolute atomic E-state index is 0.0377. The zero-order valence-corrected chi connectivity index (χ0v) is 17.9. The van der Waals surface area contributed by atoms with Crippen LogP contribution in [0.15, 0.2) is 52.4 Å². The van der Waals surface area contributed by atoms with E-state index in [2.05, 4.69) is 16.8 Å². The van der Waals surface area contributed by atoms with E-state index in [1.165, 1.54) is 12.3 Å². The number of para-hydroxylation sites is 1. The predicted molar refractivity (Wildman–Crippen MR) is 114 cm³/mol. The van der Waals surface area contributed by atoms with Gasteiger partial charge >= 0.3 is 0 Å². The largest absolute Gasteiger partial charge is 0.370 e. The van der Waals surface area contributed by atoms with Gasteiger partial charge in [-0.2, -0.15) is 0 Å². The average Bonchev–Trinajstić information content (AvgIpc) is 2.70. The van der Waals surface area contributed by atoms with Gasteiger partial charge in [-0.25, -0.2) is 12.8 Å². The third-order valence-electron chi connectivity index (χ3n) is 5.63. The zero-order valence-electron chi connectivity index (χ0n) is 16.3. The Labute approximate surface area is 175 Å². The van der Waals surface area contributed by atoms with Gasteiger partial charge in [0, 0.05) is 24.7 Å². The van der Waals surface area contributed by atoms with Crippen molar-refractivity contribution >= 4 is 38.0 Å². The second kappa shape index (κ2) is 7.58. The van der Waals surface area contributed by atoms with Crippen molar-refractivity contribution < 1.29 is 12.8 Å². The first-order valence-electron chi connectivity index (χ1n) is 9.62. The summed E-state index contributed by atoms with van der Waals surface area (Å²) in [5, 5.41) is 0.595. The lowest BCUT2D eigenvalue weighted by molar-refractivity contribution is 0.437. The van der Waals surface area contributed by atoms with Crippen molar-refractivity contribution in [1.82, 2.24) is 4.98 Å². The summed E-state index contributed by atoms with van der Waals surface area (Å²) in [6.45, 7) is 5.73. The van der Waals surface area contributed by atoms with Gasteiger partial charge < -0.3 is 4.90 Å². The SMILES string of the molecule is Cc1cccc2c(N3CCC(C)CC3)c(S(=O)(=O)c3ccc(F)c(Cl)c3)cnc12. The molecule has 1 aliphatic rings. The summed E-state index contributed by atoms with van der Waals surface area (Å²) in [4.78, 5) is 6.70. The van der Waals surface area contributed by atoms with E-state index in [0.717, 1.165) is 54.5 Å². The molecule has 7 heteroatoms. The molecule has 152 valence electrons. The van der Waals surface area contributed by atoms with E-state index in [1.54, 1.807) is 0 Å². The Hall–Kier alpha value is -2.18. The summed E-state index contributed by atoms with van der Waals surface area (Å²) in [6.07, 6.45) is 3.42. The van der Waals surface area contributed by atoms with Crippen LogP contribution >= 0.6 is 11.6 Å². The minimum Gasteiger partial charge on any atom is -0.370 e. The highest BCUT2D eigenvalue weighted by Crippen LogP contribution is 2.38. The number of aromatic nitrogens is 1. The van der Waals surface area contributed by atoms with Crippen LogP contribution in [0.5, 0.6) is 0 Å². The van der Waals surface area contributed by atoms with E-state index < -0.39 is 15.7 Å². The first kappa shape index (κ1) is 20.1. The molecule has 0 amide bonds. The van der Waals surface area contributed by atoms with Crippen molar-refractivity contribution in [3.05, 3.63) is 59.0 Å². The molecule has 4 nitrogen and oxygen atoms in total. The van der Waals surface area contributed by atoms with Gasteiger partial charge in [-0.3, -0.25) is 4.98 Å². The summed E-state index contributed by atoms with van der Waals surface area (Å²) in [5.74, 6) is -0.0415. The molecule has 0 N–H and O–H groups in total. The fourth-order valence-corrected chi connectivity index (χ4v) is 5.57. The fourth-order valence-electron chi connectivity index (χ4n) is 3.86. The first-order chi connectivity index (χ1) is 13.8. The number of pyridine rings is 1. The van der Waals surface area contributed by atoms with Crippen LogP contribution in [-0.4, -0.2) is 26.5 Å². The maximum Gasteiger partial charge on any atom is 0.210 e. The maximum absolute atomic E-state index is 13.6. The number of rotatable bonds is 3. The van der Waals surface area contributed by atoms with E-state index in [4.69, 9.17) is 11.6 Å². The van der Waals surface area contributed by atoms with Crippen molar-refractivity contribution in [1.29, 1.82) is 0 Å². The van der Waals surface area contributed by atoms with Crippen molar-refractivity contribution in [3.8, 4) is 0 Å². The van der Waals surface area contributed by atoms with Crippen molar-refractivity contribution in [2.75, 3.05) is 18.0 Å². The number of fused-ring (bicyclic) bond motifs is 1. The molecule has 4 rings (SSSR count). The summed E-state index contributed by atoms with van der Waals surface area (Å²) >= 11 is 5.86. The summed E-state index contributed by atoms with van der Waals surface area (Å²) in [7, 11) is -3.93. The van der Waals surface area contributed by atoms with Crippen molar-refractivity contribution in [2.45, 2.75) is 36.5 Å². The number of aryl methyl sites for hydroxylation is 1. The van der Waals surface area contributed by atoms with E-state index in [0.29, 0.717) is 11.6 Å². The summed E-state index contributed by atoms with van der Waals surface area (Å²) < 4.78 is 40.6. The highest BCUT2D eigenvalue weighted by atomic mass is 35.5. The molecular weight excluding hydrogens is 411 g/mol. The van der Waals surface area contributed by atoms with E-state index in [1.807, 2.05) is 25.1 Å². The van der Waals surface area contributed by atoms with Gasteiger partial charge in [-0.05, 0) is 49.4 Å². The molecule has 0 aliphatic carbocycles. The van der Waals surface area contributed by atoms with E-state index in [-0.39, 0.29) is 14.8 Å². The molecule has 1 fully saturated rings. The molecular formula is C22H22ClFN2O2S. The summed E-state index contributed by atoms with van der Waals surface area (Å²) in [6, 6.07) is 9.29. The molecule has 3 aromatic rings. The van der Waals surface area contributed by atoms with Gasteiger partial charge in [-0.1, -0.05) is 36.7 Å². The lowest BCUT2D eigenvalue weighted by Crippen LogP contribution is -2.34. The number of benzene rings is 2. The second-order valence-electron chi connectivity index (χ2n) is 7.69. The third kappa shape index (κ3) is 3.60. The highest BCUT2D eigenvalue weighted by Gasteiger charge is 2.29. The van der Waals surface area contributed by atoms with Gasteiger partial charge in [0.15, 0.2) is 0 Å². The number of hydrogen-bond acceptors (Lipinski definition) is 4. The maximum atomic E-state index is 13.6. The molecule has 0 spiro atoms. The monoisotopic (exact) mass is 432 g/mol. The molecule has 1 aliphatic heterocycles. The fraction of sp³-hybridized carbons (Fsp3) is 0.318. The molecule has 29 heavy (non-hydrogen) atoms. The first-order valence-corrected chi connectivity index (χ1v) is 11.5. The van der Waals surface area contributed by atoms with E-state index in [9.17, 15) is 12.8 Å². The van der Waals surface area contributed by atoms with Crippen LogP contribution in [0.1, 0.15) is 25.3 Å². The van der Waals surface area contributed by atoms with Gasteiger partial charge in [0.2, 0.25) is 9.84 Å². The topological polar surface area (TPSA) is 50.3 Å². The zero-order chi connectivity index (χ0) is 20.8. The number of hydrogen-bond donors (Lipinski definition) is 0. The number of sulfone groups is 1. The number of anilines is 1. The predicted octanol–water partition coefficient (Wildman–Crippen LogP) is 5.40. The minimum atomic E-state index is -3.93. The number of piperidine rings is 1. The third-order valence-corrected chi connectivity index (χ3v) is 7.67. The molecule has 0 saturated carbocycles. The van der Waals surface area contributed by atoms with Gasteiger partial charge in [0.1, 0.15) is 10.7 Å². The molecule has 2 aromatic carbocycles. The van der Waals surface area contributed by atoms with Gasteiger partial charge in [0.25, 0.3) is 0 Å². The van der Waals surface area contributed by atoms with Crippen LogP contribution in [0.25, 0.3) is 10.9 Å². The normalized spacial score (nSPS) is 15.8. The molecule has 0 atom stereocenters. The average molecular weight is 433 g/mol. The quantitative estimate of drug-likeness (QED) is 0.519. The highest BCUT2D eigenvalue weighted by molar-refractivity contribution is 7.91. The van der Waals surface area contributed by atoms with Crippen LogP contribution in [0.3, 0.4) is 0 Å². The lowest BCUT2D eigenvalue weighted by Gasteiger charge is -2.34. The lowest BCUT2D eigenvalue weighted by atomic mass is 9.98. The molecule has 1 saturated heterocycles. The van der Waals surface area contributed by atoms with Crippen LogP contribution in [-0.2, 0) is 9.84 Å². The van der Waals surface area contributed by atoms with Gasteiger partial charge in [0.05, 0.1) is 21.1 Å². The Morgan fingerprint density at radius 3 is 2.59 bits per heavy atom. The van der Waals surface area contributed by atoms with Crippen molar-refractivity contribution in [2.24, 2.45) is 5.92 Å². The summed E-state index contributed by atoms with van der Waals surface area (Å²) in [5.41, 5.74) is 2.45. The molecule has 2 heterocycles. The number of halogens is 2. The van der Waals surface area contributed by atoms with Gasteiger partial charge in [-0.15, -0.1) is 0 Å². The molecule has 0 radical (unpaired) electrons. The Morgan fingerprint density at radius 2 is 1.90 bits per heavy atom. The smallest absolute Gasteiger partial charge is 0.210 e. The van der Waals surface area contributed by atoms with Crippen LogP contribution in [0.2, 0.25) is 5.02 Å². The second-order valence-corrected chi connectivity index (χ2v) is 10.0. The number of nitrogens with zero attached hydrogens (tertiary/aromatic N) is 2. The molecule has 0 unspecified atom stereocenters. The Kier molecular flexibility index (Phi) is 5.25. The van der Waals surface area contributed by atoms with Crippen molar-refractivity contribution in [3.63, 3.8) is 0 Å². The Bertz CT molecular complexity index is 1190. The van der Waals surface area contributed by atoms with Crippen LogP contribution in [0.4, 0.5) is 10.1 Å². The van der Waals surface area contributed by atoms with Crippen LogP contribution < -0.4 is 4.90 Å². The standard InChI is InChI=1S/C22H22ClFN2O2S/c1-14-8-10-26(11-9-14)22-17-5-3-4-15(2)21(17)25-13-20(22)29(27,28)16-6-7-19(24)18(23)12-16/h3-7,12-14H,8-11H2,1-2H3. The Morgan fingerprint density at radius 1 is 1.17 bits per heavy atom. The van der Waals surface area contributed by atoms with E-state index >= 15 is 0 Å². The Balaban J connectivity index is 1.96. The van der Waals surface area contributed by atoms with Crippen LogP contribution in [0, 0.1) is 18.7 Å². The molecule has 1 aromatic heterocycles.